The fraction of sp³-hybridized carbons (Fsp3) is 0.158. The van der Waals surface area contributed by atoms with Crippen LogP contribution in [0.1, 0.15) is 23.2 Å². The van der Waals surface area contributed by atoms with Gasteiger partial charge in [-0.25, -0.2) is 14.5 Å². The van der Waals surface area contributed by atoms with Gasteiger partial charge in [0.05, 0.1) is 5.69 Å². The van der Waals surface area contributed by atoms with Crippen molar-refractivity contribution < 1.29 is 9.59 Å². The average molecular weight is 362 g/mol. The maximum atomic E-state index is 12.4. The monoisotopic (exact) mass is 362 g/mol. The summed E-state index contributed by atoms with van der Waals surface area (Å²) in [6.45, 7) is 0. The number of aromatic nitrogens is 3. The van der Waals surface area contributed by atoms with Crippen LogP contribution in [-0.4, -0.2) is 32.7 Å². The largest absolute Gasteiger partial charge is 0.335 e. The number of rotatable bonds is 5. The SMILES string of the molecule is O=C(Nc1ccc(NC(=O)c2ccc(-n3cncn3)cc2)cc1)NC1CC1. The van der Waals surface area contributed by atoms with Crippen molar-refractivity contribution in [3.63, 3.8) is 0 Å². The first-order valence-corrected chi connectivity index (χ1v) is 8.61. The fourth-order valence-electron chi connectivity index (χ4n) is 2.53. The number of hydrogen-bond acceptors (Lipinski definition) is 4. The Kier molecular flexibility index (Phi) is 4.52. The molecular weight excluding hydrogens is 344 g/mol. The van der Waals surface area contributed by atoms with Crippen LogP contribution in [0, 0.1) is 0 Å². The standard InChI is InChI=1S/C19H18N6O2/c26-18(13-1-9-17(10-2-13)25-12-20-11-21-25)22-14-3-5-15(6-4-14)23-19(27)24-16-7-8-16/h1-6,9-12,16H,7-8H2,(H,22,26)(H2,23,24,27). The van der Waals surface area contributed by atoms with Crippen molar-refractivity contribution in [3.05, 3.63) is 66.7 Å². The molecule has 0 saturated heterocycles. The first-order valence-electron chi connectivity index (χ1n) is 8.61. The van der Waals surface area contributed by atoms with E-state index in [0.717, 1.165) is 18.5 Å². The zero-order valence-corrected chi connectivity index (χ0v) is 14.4. The molecule has 27 heavy (non-hydrogen) atoms. The lowest BCUT2D eigenvalue weighted by atomic mass is 10.2. The number of nitrogens with one attached hydrogen (secondary N) is 3. The van der Waals surface area contributed by atoms with Crippen molar-refractivity contribution in [2.24, 2.45) is 0 Å². The Labute approximate surface area is 155 Å². The van der Waals surface area contributed by atoms with Crippen LogP contribution in [0.4, 0.5) is 16.2 Å². The van der Waals surface area contributed by atoms with E-state index >= 15 is 0 Å². The van der Waals surface area contributed by atoms with Gasteiger partial charge in [0.25, 0.3) is 5.91 Å². The maximum Gasteiger partial charge on any atom is 0.319 e. The molecule has 1 aromatic heterocycles. The highest BCUT2D eigenvalue weighted by Gasteiger charge is 2.23. The van der Waals surface area contributed by atoms with Crippen molar-refractivity contribution in [1.82, 2.24) is 20.1 Å². The molecule has 0 radical (unpaired) electrons. The molecule has 8 heteroatoms. The predicted molar refractivity (Wildman–Crippen MR) is 101 cm³/mol. The van der Waals surface area contributed by atoms with E-state index < -0.39 is 0 Å². The summed E-state index contributed by atoms with van der Waals surface area (Å²) in [4.78, 5) is 28.0. The van der Waals surface area contributed by atoms with Crippen molar-refractivity contribution in [2.45, 2.75) is 18.9 Å². The van der Waals surface area contributed by atoms with Crippen LogP contribution in [0.2, 0.25) is 0 Å². The molecular formula is C19H18N6O2. The van der Waals surface area contributed by atoms with Crippen LogP contribution < -0.4 is 16.0 Å². The molecule has 0 aliphatic heterocycles. The van der Waals surface area contributed by atoms with E-state index in [-0.39, 0.29) is 11.9 Å². The second kappa shape index (κ2) is 7.28. The Hall–Kier alpha value is -3.68. The van der Waals surface area contributed by atoms with Gasteiger partial charge in [0.1, 0.15) is 12.7 Å². The normalized spacial score (nSPS) is 13.0. The van der Waals surface area contributed by atoms with Crippen LogP contribution >= 0.6 is 0 Å². The van der Waals surface area contributed by atoms with Crippen molar-refractivity contribution >= 4 is 23.3 Å². The number of carbonyl (C=O) groups excluding carboxylic acids is 2. The quantitative estimate of drug-likeness (QED) is 0.650. The number of nitrogens with zero attached hydrogens (tertiary/aromatic N) is 3. The smallest absolute Gasteiger partial charge is 0.319 e. The fourth-order valence-corrected chi connectivity index (χ4v) is 2.53. The molecule has 2 aromatic carbocycles. The van der Waals surface area contributed by atoms with Gasteiger partial charge in [0.15, 0.2) is 0 Å². The highest BCUT2D eigenvalue weighted by molar-refractivity contribution is 6.04. The van der Waals surface area contributed by atoms with Gasteiger partial charge in [-0.1, -0.05) is 0 Å². The van der Waals surface area contributed by atoms with Gasteiger partial charge in [-0.2, -0.15) is 5.10 Å². The third-order valence-corrected chi connectivity index (χ3v) is 4.13. The lowest BCUT2D eigenvalue weighted by molar-refractivity contribution is 0.102. The van der Waals surface area contributed by atoms with Crippen LogP contribution in [-0.2, 0) is 0 Å². The van der Waals surface area contributed by atoms with E-state index in [4.69, 9.17) is 0 Å². The van der Waals surface area contributed by atoms with Gasteiger partial charge in [-0.3, -0.25) is 4.79 Å². The minimum Gasteiger partial charge on any atom is -0.335 e. The van der Waals surface area contributed by atoms with E-state index in [2.05, 4.69) is 26.0 Å². The minimum absolute atomic E-state index is 0.207. The zero-order valence-electron chi connectivity index (χ0n) is 14.4. The van der Waals surface area contributed by atoms with Crippen LogP contribution in [0.5, 0.6) is 0 Å². The second-order valence-electron chi connectivity index (χ2n) is 6.29. The molecule has 1 fully saturated rings. The molecule has 3 aromatic rings. The van der Waals surface area contributed by atoms with Crippen molar-refractivity contribution in [1.29, 1.82) is 0 Å². The Morgan fingerprint density at radius 1 is 0.926 bits per heavy atom. The van der Waals surface area contributed by atoms with E-state index in [9.17, 15) is 9.59 Å². The zero-order chi connectivity index (χ0) is 18.6. The lowest BCUT2D eigenvalue weighted by Gasteiger charge is -2.09. The highest BCUT2D eigenvalue weighted by atomic mass is 16.2. The van der Waals surface area contributed by atoms with Crippen LogP contribution in [0.25, 0.3) is 5.69 Å². The second-order valence-corrected chi connectivity index (χ2v) is 6.29. The highest BCUT2D eigenvalue weighted by Crippen LogP contribution is 2.19. The summed E-state index contributed by atoms with van der Waals surface area (Å²) in [5.74, 6) is -0.215. The number of carbonyl (C=O) groups is 2. The van der Waals surface area contributed by atoms with E-state index in [1.54, 1.807) is 59.5 Å². The summed E-state index contributed by atoms with van der Waals surface area (Å²) in [6, 6.07) is 14.1. The van der Waals surface area contributed by atoms with E-state index in [0.29, 0.717) is 23.0 Å². The molecule has 1 saturated carbocycles. The molecule has 1 aliphatic rings. The molecule has 0 bridgehead atoms. The van der Waals surface area contributed by atoms with Crippen molar-refractivity contribution in [2.75, 3.05) is 10.6 Å². The van der Waals surface area contributed by atoms with Gasteiger partial charge in [0.2, 0.25) is 0 Å². The summed E-state index contributed by atoms with van der Waals surface area (Å²) >= 11 is 0. The lowest BCUT2D eigenvalue weighted by Crippen LogP contribution is -2.30. The summed E-state index contributed by atoms with van der Waals surface area (Å²) in [6.07, 6.45) is 5.13. The van der Waals surface area contributed by atoms with Crippen LogP contribution in [0.15, 0.2) is 61.2 Å². The molecule has 8 nitrogen and oxygen atoms in total. The Bertz CT molecular complexity index is 931. The van der Waals surface area contributed by atoms with Gasteiger partial charge in [0, 0.05) is 23.0 Å². The Morgan fingerprint density at radius 3 is 2.19 bits per heavy atom. The van der Waals surface area contributed by atoms with E-state index in [1.165, 1.54) is 6.33 Å². The minimum atomic E-state index is -0.215. The Balaban J connectivity index is 1.35. The Morgan fingerprint density at radius 2 is 1.59 bits per heavy atom. The van der Waals surface area contributed by atoms with Gasteiger partial charge in [-0.15, -0.1) is 0 Å². The van der Waals surface area contributed by atoms with Gasteiger partial charge in [-0.05, 0) is 61.4 Å². The molecule has 3 amide bonds. The number of anilines is 2. The molecule has 4 rings (SSSR count). The molecule has 1 heterocycles. The van der Waals surface area contributed by atoms with Gasteiger partial charge >= 0.3 is 6.03 Å². The molecule has 3 N–H and O–H groups in total. The van der Waals surface area contributed by atoms with Gasteiger partial charge < -0.3 is 16.0 Å². The molecule has 0 atom stereocenters. The molecule has 136 valence electrons. The summed E-state index contributed by atoms with van der Waals surface area (Å²) in [7, 11) is 0. The third-order valence-electron chi connectivity index (χ3n) is 4.13. The maximum absolute atomic E-state index is 12.4. The average Bonchev–Trinajstić information content (AvgIpc) is 3.32. The number of amides is 3. The summed E-state index contributed by atoms with van der Waals surface area (Å²) in [5, 5.41) is 12.5. The first-order chi connectivity index (χ1) is 13.2. The number of benzene rings is 2. The molecule has 1 aliphatic carbocycles. The van der Waals surface area contributed by atoms with Crippen molar-refractivity contribution in [3.8, 4) is 5.69 Å². The topological polar surface area (TPSA) is 101 Å². The molecule has 0 unspecified atom stereocenters. The molecule has 0 spiro atoms. The number of hydrogen-bond donors (Lipinski definition) is 3. The first kappa shape index (κ1) is 16.8. The summed E-state index contributed by atoms with van der Waals surface area (Å²) in [5.41, 5.74) is 2.67. The number of urea groups is 1. The third kappa shape index (κ3) is 4.30. The van der Waals surface area contributed by atoms with E-state index in [1.807, 2.05) is 0 Å². The van der Waals surface area contributed by atoms with Crippen LogP contribution in [0.3, 0.4) is 0 Å². The summed E-state index contributed by atoms with van der Waals surface area (Å²) < 4.78 is 1.62. The predicted octanol–water partition coefficient (Wildman–Crippen LogP) is 2.80.